The Bertz CT molecular complexity index is 527. The van der Waals surface area contributed by atoms with Gasteiger partial charge in [0.15, 0.2) is 0 Å². The maximum absolute atomic E-state index is 14.1. The molecule has 6 heteroatoms. The van der Waals surface area contributed by atoms with Crippen molar-refractivity contribution in [1.29, 1.82) is 0 Å². The normalized spacial score (nSPS) is 14.4. The number of nitrogens with zero attached hydrogens (tertiary/aromatic N) is 2. The predicted octanol–water partition coefficient (Wildman–Crippen LogP) is 1.58. The quantitative estimate of drug-likeness (QED) is 0.909. The molecule has 1 heterocycles. The second kappa shape index (κ2) is 5.90. The van der Waals surface area contributed by atoms with Gasteiger partial charge in [0.1, 0.15) is 12.4 Å². The van der Waals surface area contributed by atoms with E-state index in [9.17, 15) is 14.0 Å². The van der Waals surface area contributed by atoms with Crippen LogP contribution in [0.4, 0.5) is 10.1 Å². The summed E-state index contributed by atoms with van der Waals surface area (Å²) in [7, 11) is 1.38. The van der Waals surface area contributed by atoms with E-state index in [0.717, 1.165) is 30.8 Å². The molecule has 0 aromatic heterocycles. The van der Waals surface area contributed by atoms with Gasteiger partial charge in [-0.15, -0.1) is 0 Å². The Morgan fingerprint density at radius 1 is 1.35 bits per heavy atom. The zero-order chi connectivity index (χ0) is 14.7. The molecule has 0 bridgehead atoms. The summed E-state index contributed by atoms with van der Waals surface area (Å²) in [6, 6.07) is 4.30. The molecule has 1 aromatic rings. The van der Waals surface area contributed by atoms with Gasteiger partial charge in [0.05, 0.1) is 5.69 Å². The average molecular weight is 280 g/mol. The molecule has 1 amide bonds. The van der Waals surface area contributed by atoms with Crippen LogP contribution in [0.3, 0.4) is 0 Å². The van der Waals surface area contributed by atoms with E-state index in [0.29, 0.717) is 5.69 Å². The van der Waals surface area contributed by atoms with Crippen molar-refractivity contribution in [1.82, 2.24) is 4.90 Å². The number of hydrogen-bond donors (Lipinski definition) is 1. The largest absolute Gasteiger partial charge is 0.480 e. The molecule has 0 unspecified atom stereocenters. The highest BCUT2D eigenvalue weighted by Crippen LogP contribution is 2.24. The molecule has 1 aliphatic rings. The number of amides is 1. The fourth-order valence-corrected chi connectivity index (χ4v) is 2.35. The number of aliphatic carboxylic acids is 1. The average Bonchev–Trinajstić information content (AvgIpc) is 2.90. The summed E-state index contributed by atoms with van der Waals surface area (Å²) < 4.78 is 14.1. The molecule has 5 nitrogen and oxygen atoms in total. The van der Waals surface area contributed by atoms with Crippen molar-refractivity contribution in [2.45, 2.75) is 12.8 Å². The van der Waals surface area contributed by atoms with E-state index >= 15 is 0 Å². The van der Waals surface area contributed by atoms with Crippen molar-refractivity contribution in [3.8, 4) is 0 Å². The number of likely N-dealkylation sites (N-methyl/N-ethyl adjacent to an activating group) is 1. The lowest BCUT2D eigenvalue weighted by Gasteiger charge is -2.19. The number of benzene rings is 1. The highest BCUT2D eigenvalue weighted by atomic mass is 19.1. The van der Waals surface area contributed by atoms with Crippen molar-refractivity contribution >= 4 is 17.6 Å². The number of carboxylic acids is 1. The summed E-state index contributed by atoms with van der Waals surface area (Å²) in [5, 5.41) is 8.65. The first kappa shape index (κ1) is 14.3. The van der Waals surface area contributed by atoms with E-state index < -0.39 is 24.2 Å². The van der Waals surface area contributed by atoms with Gasteiger partial charge in [-0.3, -0.25) is 9.59 Å². The van der Waals surface area contributed by atoms with Crippen molar-refractivity contribution < 1.29 is 19.1 Å². The van der Waals surface area contributed by atoms with Gasteiger partial charge < -0.3 is 14.9 Å². The second-order valence-corrected chi connectivity index (χ2v) is 4.92. The molecule has 1 saturated heterocycles. The van der Waals surface area contributed by atoms with Crippen LogP contribution in [0.25, 0.3) is 0 Å². The van der Waals surface area contributed by atoms with Crippen LogP contribution < -0.4 is 4.90 Å². The lowest BCUT2D eigenvalue weighted by atomic mass is 10.1. The van der Waals surface area contributed by atoms with Crippen LogP contribution in [-0.2, 0) is 4.79 Å². The number of hydrogen-bond acceptors (Lipinski definition) is 3. The van der Waals surface area contributed by atoms with Gasteiger partial charge in [0.2, 0.25) is 0 Å². The van der Waals surface area contributed by atoms with Gasteiger partial charge in [0.25, 0.3) is 5.91 Å². The third-order valence-corrected chi connectivity index (χ3v) is 3.36. The van der Waals surface area contributed by atoms with E-state index in [2.05, 4.69) is 0 Å². The Labute approximate surface area is 116 Å². The van der Waals surface area contributed by atoms with E-state index in [1.165, 1.54) is 19.2 Å². The summed E-state index contributed by atoms with van der Waals surface area (Å²) in [6.07, 6.45) is 2.09. The highest BCUT2D eigenvalue weighted by molar-refractivity contribution is 5.96. The summed E-state index contributed by atoms with van der Waals surface area (Å²) in [5.41, 5.74) is 0.661. The molecule has 0 aliphatic carbocycles. The van der Waals surface area contributed by atoms with E-state index in [1.807, 2.05) is 4.90 Å². The van der Waals surface area contributed by atoms with Gasteiger partial charge in [-0.25, -0.2) is 4.39 Å². The number of anilines is 1. The molecule has 0 spiro atoms. The molecule has 0 radical (unpaired) electrons. The first-order valence-electron chi connectivity index (χ1n) is 6.51. The first-order chi connectivity index (χ1) is 9.49. The van der Waals surface area contributed by atoms with E-state index in [-0.39, 0.29) is 5.56 Å². The maximum atomic E-state index is 14.1. The summed E-state index contributed by atoms with van der Waals surface area (Å²) in [5.74, 6) is -2.05. The second-order valence-electron chi connectivity index (χ2n) is 4.92. The zero-order valence-electron chi connectivity index (χ0n) is 11.3. The molecular formula is C14H17FN2O3. The lowest BCUT2D eigenvalue weighted by Crippen LogP contribution is -2.32. The van der Waals surface area contributed by atoms with Crippen LogP contribution >= 0.6 is 0 Å². The topological polar surface area (TPSA) is 60.9 Å². The number of carboxylic acid groups (broad SMARTS) is 1. The van der Waals surface area contributed by atoms with Gasteiger partial charge in [-0.05, 0) is 31.0 Å². The van der Waals surface area contributed by atoms with Gasteiger partial charge >= 0.3 is 5.97 Å². The smallest absolute Gasteiger partial charge is 0.323 e. The Hall–Kier alpha value is -2.11. The minimum absolute atomic E-state index is 0.161. The van der Waals surface area contributed by atoms with Crippen LogP contribution in [0, 0.1) is 5.82 Å². The molecule has 1 aromatic carbocycles. The van der Waals surface area contributed by atoms with Crippen LogP contribution in [0.1, 0.15) is 23.2 Å². The number of carbonyl (C=O) groups is 2. The predicted molar refractivity (Wildman–Crippen MR) is 72.4 cm³/mol. The van der Waals surface area contributed by atoms with Crippen LogP contribution in [-0.4, -0.2) is 48.6 Å². The monoisotopic (exact) mass is 280 g/mol. The Morgan fingerprint density at radius 3 is 2.55 bits per heavy atom. The first-order valence-corrected chi connectivity index (χ1v) is 6.51. The van der Waals surface area contributed by atoms with Crippen LogP contribution in [0.15, 0.2) is 18.2 Å². The molecule has 108 valence electrons. The number of carbonyl (C=O) groups excluding carboxylic acids is 1. The molecule has 1 fully saturated rings. The molecule has 1 aliphatic heterocycles. The van der Waals surface area contributed by atoms with E-state index in [1.54, 1.807) is 6.07 Å². The Morgan fingerprint density at radius 2 is 2.00 bits per heavy atom. The minimum atomic E-state index is -1.10. The molecule has 2 rings (SSSR count). The Balaban J connectivity index is 2.15. The Kier molecular flexibility index (Phi) is 4.22. The third-order valence-electron chi connectivity index (χ3n) is 3.36. The van der Waals surface area contributed by atoms with E-state index in [4.69, 9.17) is 5.11 Å². The van der Waals surface area contributed by atoms with Crippen molar-refractivity contribution in [2.24, 2.45) is 0 Å². The molecule has 0 saturated carbocycles. The summed E-state index contributed by atoms with van der Waals surface area (Å²) in [4.78, 5) is 25.5. The highest BCUT2D eigenvalue weighted by Gasteiger charge is 2.19. The summed E-state index contributed by atoms with van der Waals surface area (Å²) in [6.45, 7) is 1.24. The van der Waals surface area contributed by atoms with Crippen molar-refractivity contribution in [3.63, 3.8) is 0 Å². The molecule has 1 N–H and O–H groups in total. The third kappa shape index (κ3) is 3.07. The zero-order valence-corrected chi connectivity index (χ0v) is 11.3. The lowest BCUT2D eigenvalue weighted by molar-refractivity contribution is -0.137. The SMILES string of the molecule is CN(CC(=O)O)C(=O)c1ccc(N2CCCC2)c(F)c1. The number of rotatable bonds is 4. The maximum Gasteiger partial charge on any atom is 0.323 e. The van der Waals surface area contributed by atoms with Crippen molar-refractivity contribution in [3.05, 3.63) is 29.6 Å². The minimum Gasteiger partial charge on any atom is -0.480 e. The van der Waals surface area contributed by atoms with Crippen molar-refractivity contribution in [2.75, 3.05) is 31.6 Å². The fraction of sp³-hybridized carbons (Fsp3) is 0.429. The number of halogens is 1. The molecule has 20 heavy (non-hydrogen) atoms. The van der Waals surface area contributed by atoms with Crippen LogP contribution in [0.5, 0.6) is 0 Å². The van der Waals surface area contributed by atoms with Gasteiger partial charge in [0, 0.05) is 25.7 Å². The van der Waals surface area contributed by atoms with Crippen LogP contribution in [0.2, 0.25) is 0 Å². The van der Waals surface area contributed by atoms with Gasteiger partial charge in [-0.1, -0.05) is 0 Å². The standard InChI is InChI=1S/C14H17FN2O3/c1-16(9-13(18)19)14(20)10-4-5-12(11(15)8-10)17-6-2-3-7-17/h4-5,8H,2-3,6-7,9H2,1H3,(H,18,19). The summed E-state index contributed by atoms with van der Waals surface area (Å²) >= 11 is 0. The molecule has 0 atom stereocenters. The molecular weight excluding hydrogens is 263 g/mol. The van der Waals surface area contributed by atoms with Gasteiger partial charge in [-0.2, -0.15) is 0 Å². The fourth-order valence-electron chi connectivity index (χ4n) is 2.35.